The summed E-state index contributed by atoms with van der Waals surface area (Å²) in [5.74, 6) is 0.576. The second-order valence-corrected chi connectivity index (χ2v) is 1.21. The summed E-state index contributed by atoms with van der Waals surface area (Å²) in [5, 5.41) is 0. The van der Waals surface area contributed by atoms with Gasteiger partial charge in [0.15, 0.2) is 1.41 Å². The van der Waals surface area contributed by atoms with E-state index in [9.17, 15) is 0 Å². The van der Waals surface area contributed by atoms with E-state index in [-0.39, 0.29) is 0 Å². The number of hydrogen-bond donors (Lipinski definition) is 1. The van der Waals surface area contributed by atoms with Crippen LogP contribution in [0.15, 0.2) is 24.4 Å². The van der Waals surface area contributed by atoms with Gasteiger partial charge in [-0.3, -0.25) is 0 Å². The Kier molecular flexibility index (Phi) is 0.689. The Balaban J connectivity index is 2.83. The number of nitrogens with two attached hydrogens (primary N) is 1. The van der Waals surface area contributed by atoms with E-state index in [0.29, 0.717) is 5.82 Å². The third kappa shape index (κ3) is 0.892. The molecule has 0 unspecified atom stereocenters. The van der Waals surface area contributed by atoms with Gasteiger partial charge in [-0.15, -0.1) is 0 Å². The molecule has 0 aromatic carbocycles. The Labute approximate surface area is 43.5 Å². The predicted molar refractivity (Wildman–Crippen MR) is 28.6 cm³/mol. The first kappa shape index (κ1) is 3.02. The highest BCUT2D eigenvalue weighted by Crippen LogP contribution is 1.89. The lowest BCUT2D eigenvalue weighted by Crippen LogP contribution is -1.85. The van der Waals surface area contributed by atoms with Crippen molar-refractivity contribution in [2.75, 3.05) is 5.73 Å². The van der Waals surface area contributed by atoms with Crippen LogP contribution in [0.4, 0.5) is 5.82 Å². The van der Waals surface area contributed by atoms with E-state index in [1.54, 1.807) is 18.3 Å². The van der Waals surface area contributed by atoms with E-state index in [2.05, 4.69) is 10.7 Å². The Morgan fingerprint density at radius 1 is 1.71 bits per heavy atom. The summed E-state index contributed by atoms with van der Waals surface area (Å²) in [6, 6.07) is 5.36. The fourth-order valence-corrected chi connectivity index (χ4v) is 0.363. The number of aromatic nitrogens is 1. The predicted octanol–water partition coefficient (Wildman–Crippen LogP) is 0.664. The number of rotatable bonds is 1. The molecule has 36 valence electrons. The molecule has 1 rings (SSSR count). The average Bonchev–Trinajstić information content (AvgIpc) is 1.90. The lowest BCUT2D eigenvalue weighted by atomic mass is 10.5. The van der Waals surface area contributed by atoms with Gasteiger partial charge in [-0.05, 0) is 12.1 Å². The molecule has 0 radical (unpaired) electrons. The van der Waals surface area contributed by atoms with Crippen LogP contribution >= 0.6 is 0 Å². The maximum atomic E-state index is 6.63. The Hall–Kier alpha value is -1.05. The monoisotopic (exact) mass is 96.1 g/mol. The third-order valence-electron chi connectivity index (χ3n) is 0.665. The summed E-state index contributed by atoms with van der Waals surface area (Å²) in [5.41, 5.74) is 2.17. The molecule has 7 heavy (non-hydrogen) atoms. The first-order chi connectivity index (χ1) is 3.93. The molecule has 1 heterocycles. The Bertz CT molecular complexity index is 152. The fraction of sp³-hybridized carbons (Fsp3) is 0. The van der Waals surface area contributed by atoms with E-state index in [4.69, 9.17) is 1.41 Å². The van der Waals surface area contributed by atoms with Crippen molar-refractivity contribution in [3.05, 3.63) is 24.4 Å². The molecule has 2 heteroatoms. The minimum absolute atomic E-state index is 0.576. The molecule has 0 saturated heterocycles. The summed E-state index contributed by atoms with van der Waals surface area (Å²) >= 11 is 0. The van der Waals surface area contributed by atoms with Gasteiger partial charge >= 0.3 is 0 Å². The van der Waals surface area contributed by atoms with Crippen molar-refractivity contribution in [3.63, 3.8) is 0 Å². The summed E-state index contributed by atoms with van der Waals surface area (Å²) in [4.78, 5) is 3.80. The molecule has 0 aliphatic heterocycles. The van der Waals surface area contributed by atoms with E-state index in [1.807, 2.05) is 6.07 Å². The molecule has 0 spiro atoms. The van der Waals surface area contributed by atoms with Crippen molar-refractivity contribution in [2.45, 2.75) is 0 Å². The Morgan fingerprint density at radius 2 is 2.71 bits per heavy atom. The summed E-state index contributed by atoms with van der Waals surface area (Å²) in [6.45, 7) is 0. The fourth-order valence-electron chi connectivity index (χ4n) is 0.363. The van der Waals surface area contributed by atoms with Crippen LogP contribution < -0.4 is 5.73 Å². The van der Waals surface area contributed by atoms with Crippen LogP contribution in [0.5, 0.6) is 0 Å². The average molecular weight is 96.1 g/mol. The SMILES string of the molecule is [3H]Nc1ccccn1. The second kappa shape index (κ2) is 1.60. The van der Waals surface area contributed by atoms with Gasteiger partial charge in [0.05, 0.1) is 0 Å². The third-order valence-corrected chi connectivity index (χ3v) is 0.665. The van der Waals surface area contributed by atoms with Crippen LogP contribution in [-0.4, -0.2) is 4.98 Å². The Morgan fingerprint density at radius 3 is 3.14 bits per heavy atom. The first-order valence-corrected chi connectivity index (χ1v) is 2.02. The van der Waals surface area contributed by atoms with Gasteiger partial charge in [0.25, 0.3) is 0 Å². The highest BCUT2D eigenvalue weighted by molar-refractivity contribution is 5.25. The number of pyridine rings is 1. The molecule has 1 aromatic rings. The quantitative estimate of drug-likeness (QED) is 0.558. The normalized spacial score (nSPS) is 10.0. The van der Waals surface area contributed by atoms with Gasteiger partial charge in [0.2, 0.25) is 0 Å². The zero-order valence-corrected chi connectivity index (χ0v) is 3.76. The van der Waals surface area contributed by atoms with Crippen LogP contribution in [0.1, 0.15) is 0 Å². The van der Waals surface area contributed by atoms with Crippen LogP contribution in [0.3, 0.4) is 0 Å². The zero-order chi connectivity index (χ0) is 5.82. The van der Waals surface area contributed by atoms with Crippen molar-refractivity contribution >= 4 is 5.82 Å². The van der Waals surface area contributed by atoms with Crippen LogP contribution in [0.2, 0.25) is 1.41 Å². The maximum absolute atomic E-state index is 6.63. The lowest BCUT2D eigenvalue weighted by Gasteiger charge is -1.82. The highest BCUT2D eigenvalue weighted by atomic mass is 14.8. The molecule has 2 nitrogen and oxygen atoms in total. The van der Waals surface area contributed by atoms with Crippen molar-refractivity contribution in [1.29, 1.82) is 0 Å². The minimum atomic E-state index is 0.576. The maximum Gasteiger partial charge on any atom is 0.158 e. The van der Waals surface area contributed by atoms with Crippen molar-refractivity contribution in [3.8, 4) is 0 Å². The topological polar surface area (TPSA) is 38.9 Å². The molecule has 2 N–H and O–H groups in total. The van der Waals surface area contributed by atoms with E-state index in [0.717, 1.165) is 0 Å². The number of nitrogens with zero attached hydrogens (tertiary/aromatic N) is 1. The van der Waals surface area contributed by atoms with Crippen molar-refractivity contribution in [1.82, 2.24) is 4.98 Å². The number of nitrogen functional groups attached to an aromatic ring is 1. The standard InChI is InChI=1S/C5H6N2/c6-5-3-1-2-4-7-5/h1-4H,(H2,6,7)/i/hT. The zero-order valence-electron chi connectivity index (χ0n) is 4.76. The molecule has 0 bridgehead atoms. The van der Waals surface area contributed by atoms with Crippen LogP contribution in [0.25, 0.3) is 0 Å². The van der Waals surface area contributed by atoms with Crippen LogP contribution in [-0.2, 0) is 0 Å². The van der Waals surface area contributed by atoms with E-state index in [1.165, 1.54) is 0 Å². The number of anilines is 1. The highest BCUT2D eigenvalue weighted by Gasteiger charge is 1.73. The summed E-state index contributed by atoms with van der Waals surface area (Å²) in [6.07, 6.45) is 1.64. The van der Waals surface area contributed by atoms with Crippen LogP contribution in [0, 0.1) is 0 Å². The van der Waals surface area contributed by atoms with Crippen molar-refractivity contribution in [2.24, 2.45) is 0 Å². The molecular formula is C5H6N2. The lowest BCUT2D eigenvalue weighted by molar-refractivity contribution is 1.34. The summed E-state index contributed by atoms with van der Waals surface area (Å²) in [7, 11) is 0. The molecule has 1 aromatic heterocycles. The van der Waals surface area contributed by atoms with E-state index >= 15 is 0 Å². The molecule has 0 aliphatic carbocycles. The second-order valence-electron chi connectivity index (χ2n) is 1.21. The first-order valence-electron chi connectivity index (χ1n) is 2.52. The van der Waals surface area contributed by atoms with Gasteiger partial charge in [0, 0.05) is 6.20 Å². The van der Waals surface area contributed by atoms with Gasteiger partial charge in [-0.2, -0.15) is 0 Å². The van der Waals surface area contributed by atoms with Gasteiger partial charge < -0.3 is 5.73 Å². The number of hydrogen-bond acceptors (Lipinski definition) is 2. The molecule has 0 amide bonds. The molecule has 0 atom stereocenters. The summed E-state index contributed by atoms with van der Waals surface area (Å²) < 4.78 is 6.63. The minimum Gasteiger partial charge on any atom is -0.384 e. The van der Waals surface area contributed by atoms with Gasteiger partial charge in [-0.25, -0.2) is 4.98 Å². The van der Waals surface area contributed by atoms with E-state index < -0.39 is 0 Å². The van der Waals surface area contributed by atoms with Gasteiger partial charge in [-0.1, -0.05) is 6.07 Å². The smallest absolute Gasteiger partial charge is 0.158 e. The largest absolute Gasteiger partial charge is 0.384 e. The molecular weight excluding hydrogens is 88.1 g/mol. The molecule has 0 fully saturated rings. The molecule has 0 aliphatic rings. The molecule has 0 saturated carbocycles. The van der Waals surface area contributed by atoms with Crippen molar-refractivity contribution < 1.29 is 1.41 Å². The van der Waals surface area contributed by atoms with Gasteiger partial charge in [0.1, 0.15) is 5.82 Å².